The summed E-state index contributed by atoms with van der Waals surface area (Å²) in [5.41, 5.74) is 2.14. The van der Waals surface area contributed by atoms with Crippen molar-refractivity contribution in [3.63, 3.8) is 0 Å². The largest absolute Gasteiger partial charge is 0.487 e. The lowest BCUT2D eigenvalue weighted by atomic mass is 10.1. The summed E-state index contributed by atoms with van der Waals surface area (Å²) in [5, 5.41) is 16.2. The van der Waals surface area contributed by atoms with Crippen LogP contribution < -0.4 is 10.1 Å². The number of hydrogen-bond donors (Lipinski definition) is 1. The molecule has 5 rings (SSSR count). The van der Waals surface area contributed by atoms with Gasteiger partial charge in [-0.05, 0) is 43.9 Å². The van der Waals surface area contributed by atoms with Crippen molar-refractivity contribution in [3.05, 3.63) is 47.9 Å². The van der Waals surface area contributed by atoms with Crippen LogP contribution in [0.1, 0.15) is 30.9 Å². The van der Waals surface area contributed by atoms with Crippen molar-refractivity contribution in [2.24, 2.45) is 11.8 Å². The van der Waals surface area contributed by atoms with Gasteiger partial charge in [0, 0.05) is 23.9 Å². The Kier molecular flexibility index (Phi) is 4.77. The third-order valence-electron chi connectivity index (χ3n) is 5.55. The minimum absolute atomic E-state index is 0.0329. The summed E-state index contributed by atoms with van der Waals surface area (Å²) in [5.74, 6) is -1.77. The number of anilines is 2. The topological polar surface area (TPSA) is 88.7 Å². The molecule has 2 aromatic heterocycles. The molecule has 9 heteroatoms. The Balaban J connectivity index is 1.36. The highest BCUT2D eigenvalue weighted by atomic mass is 19.1. The molecule has 0 saturated heterocycles. The molecular formula is C22H20F2N6O. The summed E-state index contributed by atoms with van der Waals surface area (Å²) >= 11 is 0. The van der Waals surface area contributed by atoms with E-state index in [4.69, 9.17) is 10.00 Å². The fourth-order valence-electron chi connectivity index (χ4n) is 3.48. The molecule has 2 aliphatic carbocycles. The number of rotatable bonds is 7. The number of benzene rings is 1. The van der Waals surface area contributed by atoms with Crippen molar-refractivity contribution in [1.29, 1.82) is 5.26 Å². The Hall–Kier alpha value is -3.54. The van der Waals surface area contributed by atoms with Crippen LogP contribution in [0.25, 0.3) is 11.3 Å². The van der Waals surface area contributed by atoms with Gasteiger partial charge in [0.25, 0.3) is 0 Å². The Labute approximate surface area is 177 Å². The van der Waals surface area contributed by atoms with E-state index >= 15 is 0 Å². The SMILES string of the molecule is Cc1cnc(Nc2cnn(C3CC3)c2)nc1-c1cc(F)c(OCC2CC2C#N)c(F)c1. The van der Waals surface area contributed by atoms with Gasteiger partial charge >= 0.3 is 0 Å². The van der Waals surface area contributed by atoms with Crippen LogP contribution in [0.3, 0.4) is 0 Å². The van der Waals surface area contributed by atoms with Crippen LogP contribution in [-0.4, -0.2) is 26.4 Å². The lowest BCUT2D eigenvalue weighted by Gasteiger charge is -2.12. The van der Waals surface area contributed by atoms with E-state index in [0.29, 0.717) is 35.2 Å². The highest BCUT2D eigenvalue weighted by Gasteiger charge is 2.38. The molecule has 2 unspecified atom stereocenters. The number of ether oxygens (including phenoxy) is 1. The van der Waals surface area contributed by atoms with E-state index in [2.05, 4.69) is 26.5 Å². The van der Waals surface area contributed by atoms with Gasteiger partial charge in [-0.3, -0.25) is 4.68 Å². The van der Waals surface area contributed by atoms with E-state index in [-0.39, 0.29) is 18.4 Å². The summed E-state index contributed by atoms with van der Waals surface area (Å²) in [6.07, 6.45) is 8.15. The Morgan fingerprint density at radius 2 is 2.03 bits per heavy atom. The van der Waals surface area contributed by atoms with E-state index in [9.17, 15) is 8.78 Å². The molecule has 1 aromatic carbocycles. The predicted octanol–water partition coefficient (Wildman–Crippen LogP) is 4.54. The standard InChI is InChI=1S/C22H20F2N6O/c1-12-8-26-22(28-16-9-27-30(10-16)17-2-3-17)29-20(12)13-5-18(23)21(19(24)6-13)31-11-15-4-14(15)7-25/h5-6,8-10,14-15,17H,2-4,11H2,1H3,(H,26,28,29). The van der Waals surface area contributed by atoms with Crippen molar-refractivity contribution in [1.82, 2.24) is 19.7 Å². The summed E-state index contributed by atoms with van der Waals surface area (Å²) in [4.78, 5) is 8.72. The van der Waals surface area contributed by atoms with Crippen molar-refractivity contribution < 1.29 is 13.5 Å². The molecule has 2 saturated carbocycles. The fraction of sp³-hybridized carbons (Fsp3) is 0.364. The fourth-order valence-corrected chi connectivity index (χ4v) is 3.48. The lowest BCUT2D eigenvalue weighted by molar-refractivity contribution is 0.267. The monoisotopic (exact) mass is 422 g/mol. The first-order valence-electron chi connectivity index (χ1n) is 10.2. The molecule has 0 bridgehead atoms. The number of nitrogens with one attached hydrogen (secondary N) is 1. The first-order chi connectivity index (χ1) is 15.0. The van der Waals surface area contributed by atoms with Crippen LogP contribution in [-0.2, 0) is 0 Å². The highest BCUT2D eigenvalue weighted by Crippen LogP contribution is 2.39. The van der Waals surface area contributed by atoms with Gasteiger partial charge < -0.3 is 10.1 Å². The van der Waals surface area contributed by atoms with Gasteiger partial charge in [-0.25, -0.2) is 18.7 Å². The molecule has 2 heterocycles. The van der Waals surface area contributed by atoms with E-state index in [1.807, 2.05) is 10.9 Å². The molecule has 2 atom stereocenters. The maximum Gasteiger partial charge on any atom is 0.227 e. The maximum absolute atomic E-state index is 14.6. The molecule has 3 aromatic rings. The van der Waals surface area contributed by atoms with Crippen molar-refractivity contribution in [2.45, 2.75) is 32.2 Å². The highest BCUT2D eigenvalue weighted by molar-refractivity contribution is 5.66. The first-order valence-corrected chi connectivity index (χ1v) is 10.2. The average Bonchev–Trinajstić information content (AvgIpc) is 3.67. The number of aromatic nitrogens is 4. The molecule has 0 aliphatic heterocycles. The Bertz CT molecular complexity index is 1160. The third-order valence-corrected chi connectivity index (χ3v) is 5.55. The number of nitriles is 1. The molecule has 0 radical (unpaired) electrons. The average molecular weight is 422 g/mol. The second kappa shape index (κ2) is 7.61. The number of aryl methyl sites for hydroxylation is 1. The smallest absolute Gasteiger partial charge is 0.227 e. The second-order valence-electron chi connectivity index (χ2n) is 8.10. The minimum atomic E-state index is -0.803. The van der Waals surface area contributed by atoms with E-state index in [1.54, 1.807) is 19.3 Å². The molecule has 2 aliphatic rings. The zero-order chi connectivity index (χ0) is 21.5. The van der Waals surface area contributed by atoms with E-state index in [0.717, 1.165) is 18.5 Å². The Morgan fingerprint density at radius 1 is 1.26 bits per heavy atom. The third kappa shape index (κ3) is 4.06. The molecule has 0 spiro atoms. The molecule has 31 heavy (non-hydrogen) atoms. The van der Waals surface area contributed by atoms with Crippen LogP contribution >= 0.6 is 0 Å². The molecular weight excluding hydrogens is 402 g/mol. The lowest BCUT2D eigenvalue weighted by Crippen LogP contribution is -2.05. The second-order valence-corrected chi connectivity index (χ2v) is 8.10. The van der Waals surface area contributed by atoms with Gasteiger partial charge in [0.1, 0.15) is 0 Å². The summed E-state index contributed by atoms with van der Waals surface area (Å²) in [7, 11) is 0. The number of nitrogens with zero attached hydrogens (tertiary/aromatic N) is 5. The Morgan fingerprint density at radius 3 is 2.71 bits per heavy atom. The zero-order valence-electron chi connectivity index (χ0n) is 16.8. The summed E-state index contributed by atoms with van der Waals surface area (Å²) in [6.45, 7) is 1.90. The van der Waals surface area contributed by atoms with Gasteiger partial charge in [-0.1, -0.05) is 0 Å². The summed E-state index contributed by atoms with van der Waals surface area (Å²) < 4.78 is 36.4. The van der Waals surface area contributed by atoms with Crippen LogP contribution in [0.2, 0.25) is 0 Å². The maximum atomic E-state index is 14.6. The van der Waals surface area contributed by atoms with Crippen molar-refractivity contribution in [2.75, 3.05) is 11.9 Å². The quantitative estimate of drug-likeness (QED) is 0.601. The van der Waals surface area contributed by atoms with Crippen LogP contribution in [0.5, 0.6) is 5.75 Å². The first kappa shape index (κ1) is 19.4. The molecule has 158 valence electrons. The van der Waals surface area contributed by atoms with Crippen LogP contribution in [0.15, 0.2) is 30.7 Å². The van der Waals surface area contributed by atoms with Gasteiger partial charge in [0.2, 0.25) is 5.95 Å². The zero-order valence-corrected chi connectivity index (χ0v) is 16.8. The predicted molar refractivity (Wildman–Crippen MR) is 109 cm³/mol. The summed E-state index contributed by atoms with van der Waals surface area (Å²) in [6, 6.07) is 5.00. The molecule has 0 amide bonds. The van der Waals surface area contributed by atoms with Gasteiger partial charge in [-0.2, -0.15) is 10.4 Å². The molecule has 1 N–H and O–H groups in total. The van der Waals surface area contributed by atoms with Crippen LogP contribution in [0.4, 0.5) is 20.4 Å². The normalized spacial score (nSPS) is 19.7. The molecule has 7 nitrogen and oxygen atoms in total. The van der Waals surface area contributed by atoms with Crippen LogP contribution in [0, 0.1) is 41.7 Å². The van der Waals surface area contributed by atoms with Crippen molar-refractivity contribution >= 4 is 11.6 Å². The van der Waals surface area contributed by atoms with Gasteiger partial charge in [0.05, 0.1) is 42.2 Å². The van der Waals surface area contributed by atoms with E-state index < -0.39 is 17.4 Å². The van der Waals surface area contributed by atoms with E-state index in [1.165, 1.54) is 12.1 Å². The minimum Gasteiger partial charge on any atom is -0.487 e. The number of halogens is 2. The molecule has 2 fully saturated rings. The van der Waals surface area contributed by atoms with Gasteiger partial charge in [-0.15, -0.1) is 0 Å². The van der Waals surface area contributed by atoms with Gasteiger partial charge in [0.15, 0.2) is 17.4 Å². The number of hydrogen-bond acceptors (Lipinski definition) is 6. The van der Waals surface area contributed by atoms with Crippen molar-refractivity contribution in [3.8, 4) is 23.1 Å².